The van der Waals surface area contributed by atoms with E-state index in [0.717, 1.165) is 0 Å². The maximum absolute atomic E-state index is 12.6. The highest BCUT2D eigenvalue weighted by molar-refractivity contribution is 6.09. The van der Waals surface area contributed by atoms with Gasteiger partial charge in [0.2, 0.25) is 0 Å². The van der Waals surface area contributed by atoms with Gasteiger partial charge in [-0.2, -0.15) is 0 Å². The number of fused-ring (bicyclic) bond motifs is 3. The molecule has 0 saturated heterocycles. The van der Waals surface area contributed by atoms with E-state index in [-0.39, 0.29) is 28.7 Å². The molecule has 0 aliphatic carbocycles. The van der Waals surface area contributed by atoms with Gasteiger partial charge in [0.05, 0.1) is 33.1 Å². The largest absolute Gasteiger partial charge is 0.506 e. The lowest BCUT2D eigenvalue weighted by molar-refractivity contribution is -0.135. The summed E-state index contributed by atoms with van der Waals surface area (Å²) in [6, 6.07) is 4.49. The molecule has 1 aromatic heterocycles. The van der Waals surface area contributed by atoms with E-state index in [9.17, 15) is 19.5 Å². The van der Waals surface area contributed by atoms with Crippen molar-refractivity contribution in [1.29, 1.82) is 0 Å². The van der Waals surface area contributed by atoms with E-state index in [4.69, 9.17) is 23.4 Å². The van der Waals surface area contributed by atoms with Crippen LogP contribution in [0.4, 0.5) is 0 Å². The Hall–Kier alpha value is -4.01. The molecule has 172 valence electrons. The lowest BCUT2D eigenvalue weighted by Crippen LogP contribution is -2.24. The fourth-order valence-corrected chi connectivity index (χ4v) is 4.33. The second kappa shape index (κ2) is 8.16. The number of aryl methyl sites for hydroxylation is 1. The highest BCUT2D eigenvalue weighted by Crippen LogP contribution is 2.52. The number of aromatic hydroxyl groups is 1. The Morgan fingerprint density at radius 3 is 2.27 bits per heavy atom. The van der Waals surface area contributed by atoms with Crippen LogP contribution in [-0.2, 0) is 4.79 Å². The van der Waals surface area contributed by atoms with Crippen molar-refractivity contribution in [3.05, 3.63) is 50.9 Å². The summed E-state index contributed by atoms with van der Waals surface area (Å²) in [4.78, 5) is 37.4. The van der Waals surface area contributed by atoms with Crippen LogP contribution in [0.1, 0.15) is 46.3 Å². The van der Waals surface area contributed by atoms with Crippen LogP contribution in [0.15, 0.2) is 27.4 Å². The average molecular weight is 454 g/mol. The molecule has 0 unspecified atom stereocenters. The maximum atomic E-state index is 12.6. The zero-order valence-corrected chi connectivity index (χ0v) is 18.7. The smallest absolute Gasteiger partial charge is 0.336 e. The van der Waals surface area contributed by atoms with Gasteiger partial charge in [-0.3, -0.25) is 9.59 Å². The number of ketones is 1. The van der Waals surface area contributed by atoms with Gasteiger partial charge < -0.3 is 28.5 Å². The van der Waals surface area contributed by atoms with Crippen LogP contribution in [-0.4, -0.2) is 38.2 Å². The Kier molecular flexibility index (Phi) is 5.49. The summed E-state index contributed by atoms with van der Waals surface area (Å²) in [6.45, 7) is 2.88. The molecule has 1 aliphatic rings. The number of esters is 1. The minimum absolute atomic E-state index is 0.0341. The van der Waals surface area contributed by atoms with Crippen LogP contribution >= 0.6 is 0 Å². The molecule has 2 aromatic carbocycles. The van der Waals surface area contributed by atoms with Crippen LogP contribution in [0, 0.1) is 6.92 Å². The fraction of sp³-hybridized carbons (Fsp3) is 0.292. The lowest BCUT2D eigenvalue weighted by Gasteiger charge is -2.29. The molecule has 4 rings (SSSR count). The van der Waals surface area contributed by atoms with Crippen LogP contribution in [0.5, 0.6) is 28.7 Å². The SMILES string of the molecule is COc1cc(OC)c([C@@H]2CC(=O)Oc3c(C(C)=O)c(O)c4c(C)cc(=O)oc4c32)cc1OC. The molecule has 0 fully saturated rings. The zero-order chi connectivity index (χ0) is 24.0. The molecule has 33 heavy (non-hydrogen) atoms. The van der Waals surface area contributed by atoms with Crippen molar-refractivity contribution in [3.8, 4) is 28.7 Å². The molecular formula is C24H22O9. The van der Waals surface area contributed by atoms with Gasteiger partial charge in [-0.25, -0.2) is 4.79 Å². The number of hydrogen-bond acceptors (Lipinski definition) is 9. The third kappa shape index (κ3) is 3.45. The van der Waals surface area contributed by atoms with Gasteiger partial charge >= 0.3 is 11.6 Å². The van der Waals surface area contributed by atoms with Gasteiger partial charge in [-0.15, -0.1) is 0 Å². The Morgan fingerprint density at radius 2 is 1.67 bits per heavy atom. The Morgan fingerprint density at radius 1 is 1.03 bits per heavy atom. The Balaban J connectivity index is 2.17. The van der Waals surface area contributed by atoms with Crippen molar-refractivity contribution < 1.29 is 38.1 Å². The summed E-state index contributed by atoms with van der Waals surface area (Å²) >= 11 is 0. The third-order valence-electron chi connectivity index (χ3n) is 5.75. The topological polar surface area (TPSA) is 122 Å². The van der Waals surface area contributed by atoms with Crippen molar-refractivity contribution in [3.63, 3.8) is 0 Å². The molecule has 9 heteroatoms. The molecule has 2 heterocycles. The molecular weight excluding hydrogens is 432 g/mol. The number of carbonyl (C=O) groups is 2. The number of Topliss-reactive ketones (excluding diaryl/α,β-unsaturated/α-hetero) is 1. The summed E-state index contributed by atoms with van der Waals surface area (Å²) in [5, 5.41) is 11.1. The van der Waals surface area contributed by atoms with Crippen LogP contribution in [0.2, 0.25) is 0 Å². The minimum atomic E-state index is -0.734. The summed E-state index contributed by atoms with van der Waals surface area (Å²) in [6.07, 6.45) is -0.131. The number of hydrogen-bond donors (Lipinski definition) is 1. The molecule has 9 nitrogen and oxygen atoms in total. The molecule has 0 spiro atoms. The zero-order valence-electron chi connectivity index (χ0n) is 18.7. The molecule has 1 atom stereocenters. The van der Waals surface area contributed by atoms with Crippen LogP contribution < -0.4 is 24.6 Å². The van der Waals surface area contributed by atoms with Crippen molar-refractivity contribution >= 4 is 22.7 Å². The summed E-state index contributed by atoms with van der Waals surface area (Å²) in [7, 11) is 4.42. The molecule has 0 amide bonds. The predicted molar refractivity (Wildman–Crippen MR) is 117 cm³/mol. The van der Waals surface area contributed by atoms with E-state index < -0.39 is 29.0 Å². The molecule has 0 radical (unpaired) electrons. The maximum Gasteiger partial charge on any atom is 0.336 e. The van der Waals surface area contributed by atoms with E-state index in [2.05, 4.69) is 0 Å². The van der Waals surface area contributed by atoms with E-state index >= 15 is 0 Å². The molecule has 0 bridgehead atoms. The number of benzene rings is 2. The van der Waals surface area contributed by atoms with Crippen molar-refractivity contribution in [2.75, 3.05) is 21.3 Å². The minimum Gasteiger partial charge on any atom is -0.506 e. The first-order valence-corrected chi connectivity index (χ1v) is 10.1. The number of phenols is 1. The second-order valence-electron chi connectivity index (χ2n) is 7.66. The van der Waals surface area contributed by atoms with Crippen LogP contribution in [0.3, 0.4) is 0 Å². The monoisotopic (exact) mass is 454 g/mol. The lowest BCUT2D eigenvalue weighted by atomic mass is 9.82. The van der Waals surface area contributed by atoms with E-state index in [0.29, 0.717) is 33.9 Å². The average Bonchev–Trinajstić information content (AvgIpc) is 2.76. The van der Waals surface area contributed by atoms with Crippen molar-refractivity contribution in [2.24, 2.45) is 0 Å². The van der Waals surface area contributed by atoms with Crippen LogP contribution in [0.25, 0.3) is 11.0 Å². The molecule has 1 N–H and O–H groups in total. The van der Waals surface area contributed by atoms with E-state index in [1.807, 2.05) is 0 Å². The summed E-state index contributed by atoms with van der Waals surface area (Å²) < 4.78 is 27.3. The number of methoxy groups -OCH3 is 3. The quantitative estimate of drug-likeness (QED) is 0.267. The molecule has 3 aromatic rings. The van der Waals surface area contributed by atoms with E-state index in [1.165, 1.54) is 34.3 Å². The summed E-state index contributed by atoms with van der Waals surface area (Å²) in [5.41, 5.74) is 0.461. The third-order valence-corrected chi connectivity index (χ3v) is 5.75. The highest BCUT2D eigenvalue weighted by Gasteiger charge is 2.38. The number of carbonyl (C=O) groups excluding carboxylic acids is 2. The van der Waals surface area contributed by atoms with Crippen molar-refractivity contribution in [2.45, 2.75) is 26.2 Å². The van der Waals surface area contributed by atoms with E-state index in [1.54, 1.807) is 19.1 Å². The second-order valence-corrected chi connectivity index (χ2v) is 7.66. The first kappa shape index (κ1) is 22.2. The van der Waals surface area contributed by atoms with Gasteiger partial charge in [-0.05, 0) is 25.5 Å². The van der Waals surface area contributed by atoms with Gasteiger partial charge in [0.1, 0.15) is 22.6 Å². The highest BCUT2D eigenvalue weighted by atomic mass is 16.5. The predicted octanol–water partition coefficient (Wildman–Crippen LogP) is 3.48. The number of rotatable bonds is 5. The Labute approximate surface area is 188 Å². The molecule has 1 aliphatic heterocycles. The van der Waals surface area contributed by atoms with Crippen molar-refractivity contribution in [1.82, 2.24) is 0 Å². The Bertz CT molecular complexity index is 1370. The fourth-order valence-electron chi connectivity index (χ4n) is 4.33. The van der Waals surface area contributed by atoms with Gasteiger partial charge in [-0.1, -0.05) is 0 Å². The summed E-state index contributed by atoms with van der Waals surface area (Å²) in [5.74, 6) is -1.23. The number of phenolic OH excluding ortho intramolecular Hbond substituents is 1. The first-order valence-electron chi connectivity index (χ1n) is 10.1. The van der Waals surface area contributed by atoms with Gasteiger partial charge in [0, 0.05) is 29.2 Å². The first-order chi connectivity index (χ1) is 15.7. The van der Waals surface area contributed by atoms with Gasteiger partial charge in [0.25, 0.3) is 0 Å². The standard InChI is InChI=1S/C24H22O9/c1-10-6-17(26)32-23-19(10)22(28)20(11(2)25)24-21(23)13(8-18(27)33-24)12-7-15(30-4)16(31-5)9-14(12)29-3/h6-7,9,13,28H,8H2,1-5H3/t13-/m0/s1. The normalized spacial score (nSPS) is 15.1. The molecule has 0 saturated carbocycles. The number of ether oxygens (including phenoxy) is 4. The van der Waals surface area contributed by atoms with Gasteiger partial charge in [0.15, 0.2) is 23.0 Å².